The molecule has 2 nitrogen and oxygen atoms in total. The molecule has 0 fully saturated rings. The third kappa shape index (κ3) is 4.38. The van der Waals surface area contributed by atoms with Crippen LogP contribution in [0.2, 0.25) is 0 Å². The molecule has 0 aliphatic heterocycles. The first-order valence-corrected chi connectivity index (χ1v) is 6.39. The highest BCUT2D eigenvalue weighted by Crippen LogP contribution is 2.33. The highest BCUT2D eigenvalue weighted by molar-refractivity contribution is 8.01. The molecule has 0 unspecified atom stereocenters. The Bertz CT molecular complexity index is 374. The molecule has 0 aliphatic carbocycles. The SMILES string of the molecule is CCCOC(=O)C(C)(C)Sc1ccc(F)cc1. The van der Waals surface area contributed by atoms with Crippen molar-refractivity contribution in [2.45, 2.75) is 36.8 Å². The summed E-state index contributed by atoms with van der Waals surface area (Å²) in [6.45, 7) is 6.00. The summed E-state index contributed by atoms with van der Waals surface area (Å²) in [5.41, 5.74) is 0. The van der Waals surface area contributed by atoms with E-state index in [2.05, 4.69) is 0 Å². The number of benzene rings is 1. The summed E-state index contributed by atoms with van der Waals surface area (Å²) in [5.74, 6) is -0.519. The highest BCUT2D eigenvalue weighted by atomic mass is 32.2. The third-order valence-electron chi connectivity index (χ3n) is 2.12. The van der Waals surface area contributed by atoms with Gasteiger partial charge < -0.3 is 4.74 Å². The van der Waals surface area contributed by atoms with E-state index in [-0.39, 0.29) is 11.8 Å². The first-order valence-electron chi connectivity index (χ1n) is 5.57. The Morgan fingerprint density at radius 3 is 2.47 bits per heavy atom. The second-order valence-electron chi connectivity index (χ2n) is 4.20. The summed E-state index contributed by atoms with van der Waals surface area (Å²) in [6, 6.07) is 6.09. The number of thioether (sulfide) groups is 1. The Balaban J connectivity index is 2.65. The number of carbonyl (C=O) groups is 1. The minimum atomic E-state index is -0.660. The summed E-state index contributed by atoms with van der Waals surface area (Å²) in [6.07, 6.45) is 0.809. The Labute approximate surface area is 106 Å². The van der Waals surface area contributed by atoms with E-state index in [1.807, 2.05) is 6.92 Å². The average Bonchev–Trinajstić information content (AvgIpc) is 2.28. The van der Waals surface area contributed by atoms with Crippen molar-refractivity contribution in [1.82, 2.24) is 0 Å². The van der Waals surface area contributed by atoms with Crippen LogP contribution in [-0.2, 0) is 9.53 Å². The normalized spacial score (nSPS) is 11.3. The lowest BCUT2D eigenvalue weighted by Crippen LogP contribution is -2.30. The second kappa shape index (κ2) is 6.05. The van der Waals surface area contributed by atoms with Gasteiger partial charge in [-0.3, -0.25) is 4.79 Å². The number of hydrogen-bond acceptors (Lipinski definition) is 3. The van der Waals surface area contributed by atoms with Crippen LogP contribution in [-0.4, -0.2) is 17.3 Å². The zero-order chi connectivity index (χ0) is 12.9. The van der Waals surface area contributed by atoms with Gasteiger partial charge in [0.05, 0.1) is 6.61 Å². The second-order valence-corrected chi connectivity index (χ2v) is 5.90. The monoisotopic (exact) mass is 256 g/mol. The fourth-order valence-electron chi connectivity index (χ4n) is 1.21. The number of ether oxygens (including phenoxy) is 1. The maximum Gasteiger partial charge on any atom is 0.321 e. The van der Waals surface area contributed by atoms with Crippen molar-refractivity contribution >= 4 is 17.7 Å². The van der Waals surface area contributed by atoms with Gasteiger partial charge in [-0.25, -0.2) is 4.39 Å². The molecule has 0 aromatic heterocycles. The van der Waals surface area contributed by atoms with Gasteiger partial charge in [-0.1, -0.05) is 6.92 Å². The van der Waals surface area contributed by atoms with Gasteiger partial charge in [0.2, 0.25) is 0 Å². The summed E-state index contributed by atoms with van der Waals surface area (Å²) < 4.78 is 17.2. The van der Waals surface area contributed by atoms with Crippen molar-refractivity contribution in [2.75, 3.05) is 6.61 Å². The van der Waals surface area contributed by atoms with Gasteiger partial charge in [0, 0.05) is 4.90 Å². The molecule has 0 heterocycles. The maximum absolute atomic E-state index is 12.7. The molecule has 0 N–H and O–H groups in total. The summed E-state index contributed by atoms with van der Waals surface area (Å²) in [7, 11) is 0. The van der Waals surface area contributed by atoms with Crippen molar-refractivity contribution in [3.8, 4) is 0 Å². The molecule has 0 saturated carbocycles. The van der Waals surface area contributed by atoms with Crippen LogP contribution in [0.15, 0.2) is 29.2 Å². The molecule has 0 radical (unpaired) electrons. The van der Waals surface area contributed by atoms with E-state index in [1.54, 1.807) is 26.0 Å². The van der Waals surface area contributed by atoms with Crippen molar-refractivity contribution in [3.63, 3.8) is 0 Å². The average molecular weight is 256 g/mol. The van der Waals surface area contributed by atoms with Crippen LogP contribution in [0.3, 0.4) is 0 Å². The fraction of sp³-hybridized carbons (Fsp3) is 0.462. The molecule has 4 heteroatoms. The molecule has 0 aliphatic rings. The van der Waals surface area contributed by atoms with E-state index in [4.69, 9.17) is 4.74 Å². The van der Waals surface area contributed by atoms with Gasteiger partial charge in [0.1, 0.15) is 10.6 Å². The summed E-state index contributed by atoms with van der Waals surface area (Å²) >= 11 is 1.37. The predicted molar refractivity (Wildman–Crippen MR) is 67.6 cm³/mol. The first kappa shape index (κ1) is 14.0. The van der Waals surface area contributed by atoms with Crippen molar-refractivity contribution in [1.29, 1.82) is 0 Å². The largest absolute Gasteiger partial charge is 0.465 e. The van der Waals surface area contributed by atoms with Crippen molar-refractivity contribution in [3.05, 3.63) is 30.1 Å². The van der Waals surface area contributed by atoms with Crippen LogP contribution >= 0.6 is 11.8 Å². The molecule has 17 heavy (non-hydrogen) atoms. The summed E-state index contributed by atoms with van der Waals surface area (Å²) in [5, 5.41) is 0. The Hall–Kier alpha value is -1.03. The first-order chi connectivity index (χ1) is 7.95. The number of hydrogen-bond donors (Lipinski definition) is 0. The lowest BCUT2D eigenvalue weighted by atomic mass is 10.2. The lowest BCUT2D eigenvalue weighted by molar-refractivity contribution is -0.145. The third-order valence-corrected chi connectivity index (χ3v) is 3.30. The molecular weight excluding hydrogens is 239 g/mol. The summed E-state index contributed by atoms with van der Waals surface area (Å²) in [4.78, 5) is 12.6. The number of carbonyl (C=O) groups excluding carboxylic acids is 1. The smallest absolute Gasteiger partial charge is 0.321 e. The zero-order valence-electron chi connectivity index (χ0n) is 10.3. The van der Waals surface area contributed by atoms with E-state index < -0.39 is 4.75 Å². The molecular formula is C13H17FO2S. The molecule has 0 saturated heterocycles. The maximum atomic E-state index is 12.7. The molecule has 0 atom stereocenters. The number of rotatable bonds is 5. The van der Waals surface area contributed by atoms with Crippen molar-refractivity contribution in [2.24, 2.45) is 0 Å². The Morgan fingerprint density at radius 2 is 1.94 bits per heavy atom. The quantitative estimate of drug-likeness (QED) is 0.594. The standard InChI is InChI=1S/C13H17FO2S/c1-4-9-16-12(15)13(2,3)17-11-7-5-10(14)6-8-11/h5-8H,4,9H2,1-3H3. The predicted octanol–water partition coefficient (Wildman–Crippen LogP) is 3.65. The minimum Gasteiger partial charge on any atom is -0.465 e. The van der Waals surface area contributed by atoms with Gasteiger partial charge in [0.25, 0.3) is 0 Å². The van der Waals surface area contributed by atoms with Gasteiger partial charge in [-0.2, -0.15) is 0 Å². The van der Waals surface area contributed by atoms with E-state index in [1.165, 1.54) is 23.9 Å². The fourth-order valence-corrected chi connectivity index (χ4v) is 2.21. The van der Waals surface area contributed by atoms with E-state index in [9.17, 15) is 9.18 Å². The Kier molecular flexibility index (Phi) is 5.00. The van der Waals surface area contributed by atoms with Crippen LogP contribution in [0, 0.1) is 5.82 Å². The van der Waals surface area contributed by atoms with Crippen molar-refractivity contribution < 1.29 is 13.9 Å². The van der Waals surface area contributed by atoms with Gasteiger partial charge in [-0.15, -0.1) is 11.8 Å². The van der Waals surface area contributed by atoms with Gasteiger partial charge >= 0.3 is 5.97 Å². The molecule has 94 valence electrons. The highest BCUT2D eigenvalue weighted by Gasteiger charge is 2.30. The van der Waals surface area contributed by atoms with Crippen LogP contribution in [0.1, 0.15) is 27.2 Å². The van der Waals surface area contributed by atoms with Crippen LogP contribution in [0.5, 0.6) is 0 Å². The topological polar surface area (TPSA) is 26.3 Å². The van der Waals surface area contributed by atoms with Crippen LogP contribution in [0.4, 0.5) is 4.39 Å². The molecule has 1 aromatic rings. The Morgan fingerprint density at radius 1 is 1.35 bits per heavy atom. The molecule has 0 amide bonds. The zero-order valence-corrected chi connectivity index (χ0v) is 11.1. The number of esters is 1. The molecule has 1 aromatic carbocycles. The van der Waals surface area contributed by atoms with E-state index >= 15 is 0 Å². The minimum absolute atomic E-state index is 0.242. The molecule has 0 bridgehead atoms. The molecule has 1 rings (SSSR count). The van der Waals surface area contributed by atoms with E-state index in [0.717, 1.165) is 11.3 Å². The van der Waals surface area contributed by atoms with Crippen LogP contribution in [0.25, 0.3) is 0 Å². The number of halogens is 1. The van der Waals surface area contributed by atoms with Crippen LogP contribution < -0.4 is 0 Å². The lowest BCUT2D eigenvalue weighted by Gasteiger charge is -2.21. The van der Waals surface area contributed by atoms with E-state index in [0.29, 0.717) is 6.61 Å². The van der Waals surface area contributed by atoms with Gasteiger partial charge in [0.15, 0.2) is 0 Å². The molecule has 0 spiro atoms. The van der Waals surface area contributed by atoms with Gasteiger partial charge in [-0.05, 0) is 44.5 Å².